The van der Waals surface area contributed by atoms with Crippen LogP contribution in [0.4, 0.5) is 0 Å². The molecule has 1 aromatic rings. The van der Waals surface area contributed by atoms with Crippen molar-refractivity contribution in [3.8, 4) is 0 Å². The van der Waals surface area contributed by atoms with E-state index in [0.717, 1.165) is 24.1 Å². The van der Waals surface area contributed by atoms with Gasteiger partial charge in [-0.2, -0.15) is 0 Å². The second-order valence-electron chi connectivity index (χ2n) is 5.95. The van der Waals surface area contributed by atoms with Crippen LogP contribution in [0.5, 0.6) is 0 Å². The maximum atomic E-state index is 12.2. The van der Waals surface area contributed by atoms with Crippen LogP contribution in [0, 0.1) is 6.92 Å². The monoisotopic (exact) mass is 310 g/mol. The molecule has 0 radical (unpaired) electrons. The van der Waals surface area contributed by atoms with Crippen LogP contribution in [0.3, 0.4) is 0 Å². The summed E-state index contributed by atoms with van der Waals surface area (Å²) in [5.74, 6) is 0.195. The molecule has 4 nitrogen and oxygen atoms in total. The lowest BCUT2D eigenvalue weighted by atomic mass is 10.0. The Balaban J connectivity index is 1.89. The van der Waals surface area contributed by atoms with Crippen LogP contribution in [0.15, 0.2) is 24.3 Å². The summed E-state index contributed by atoms with van der Waals surface area (Å²) >= 11 is 0. The van der Waals surface area contributed by atoms with Gasteiger partial charge in [0.1, 0.15) is 0 Å². The lowest BCUT2D eigenvalue weighted by Gasteiger charge is -2.24. The first-order valence-electron chi connectivity index (χ1n) is 7.77. The summed E-state index contributed by atoms with van der Waals surface area (Å²) in [6.45, 7) is 4.92. The molecule has 2 atom stereocenters. The Morgan fingerprint density at radius 2 is 2.10 bits per heavy atom. The topological polar surface area (TPSA) is 58.2 Å². The summed E-state index contributed by atoms with van der Waals surface area (Å²) in [4.78, 5) is 0. The quantitative estimate of drug-likeness (QED) is 0.849. The predicted molar refractivity (Wildman–Crippen MR) is 86.8 cm³/mol. The highest BCUT2D eigenvalue weighted by Crippen LogP contribution is 2.18. The van der Waals surface area contributed by atoms with Crippen LogP contribution in [-0.2, 0) is 10.0 Å². The number of hydrogen-bond acceptors (Lipinski definition) is 3. The number of piperidine rings is 1. The molecule has 0 bridgehead atoms. The molecule has 0 saturated carbocycles. The van der Waals surface area contributed by atoms with Crippen LogP contribution < -0.4 is 10.0 Å². The Bertz CT molecular complexity index is 551. The largest absolute Gasteiger partial charge is 0.314 e. The van der Waals surface area contributed by atoms with Gasteiger partial charge in [-0.05, 0) is 50.8 Å². The van der Waals surface area contributed by atoms with E-state index in [4.69, 9.17) is 0 Å². The first-order valence-corrected chi connectivity index (χ1v) is 9.42. The molecule has 5 heteroatoms. The second-order valence-corrected chi connectivity index (χ2v) is 7.82. The Morgan fingerprint density at radius 3 is 2.76 bits per heavy atom. The molecule has 1 saturated heterocycles. The molecule has 2 rings (SSSR count). The summed E-state index contributed by atoms with van der Waals surface area (Å²) < 4.78 is 27.3. The third kappa shape index (κ3) is 5.09. The normalized spacial score (nSPS) is 21.1. The van der Waals surface area contributed by atoms with Crippen molar-refractivity contribution in [3.63, 3.8) is 0 Å². The first kappa shape index (κ1) is 16.5. The molecule has 2 unspecified atom stereocenters. The first-order chi connectivity index (χ1) is 9.98. The van der Waals surface area contributed by atoms with E-state index in [-0.39, 0.29) is 11.8 Å². The molecule has 0 amide bonds. The van der Waals surface area contributed by atoms with Crippen molar-refractivity contribution in [2.75, 3.05) is 12.3 Å². The molecule has 0 aromatic heterocycles. The third-order valence-corrected chi connectivity index (χ3v) is 5.64. The van der Waals surface area contributed by atoms with E-state index < -0.39 is 10.0 Å². The molecule has 1 heterocycles. The lowest BCUT2D eigenvalue weighted by molar-refractivity contribution is 0.392. The zero-order valence-corrected chi connectivity index (χ0v) is 13.7. The fraction of sp³-hybridized carbons (Fsp3) is 0.625. The fourth-order valence-corrected chi connectivity index (χ4v) is 4.31. The number of benzene rings is 1. The summed E-state index contributed by atoms with van der Waals surface area (Å²) in [6.07, 6.45) is 4.18. The smallest absolute Gasteiger partial charge is 0.212 e. The lowest BCUT2D eigenvalue weighted by Crippen LogP contribution is -2.37. The van der Waals surface area contributed by atoms with Crippen molar-refractivity contribution in [3.05, 3.63) is 35.4 Å². The van der Waals surface area contributed by atoms with E-state index in [0.29, 0.717) is 12.5 Å². The molecule has 118 valence electrons. The average Bonchev–Trinajstić information content (AvgIpc) is 2.46. The van der Waals surface area contributed by atoms with Gasteiger partial charge >= 0.3 is 0 Å². The maximum absolute atomic E-state index is 12.2. The minimum absolute atomic E-state index is 0.185. The molecule has 1 aromatic carbocycles. The van der Waals surface area contributed by atoms with Gasteiger partial charge in [-0.3, -0.25) is 0 Å². The summed E-state index contributed by atoms with van der Waals surface area (Å²) in [5.41, 5.74) is 2.15. The van der Waals surface area contributed by atoms with Gasteiger partial charge in [0.05, 0.1) is 5.75 Å². The van der Waals surface area contributed by atoms with Gasteiger partial charge in [-0.25, -0.2) is 13.1 Å². The van der Waals surface area contributed by atoms with Crippen LogP contribution in [0.2, 0.25) is 0 Å². The van der Waals surface area contributed by atoms with Crippen molar-refractivity contribution in [1.29, 1.82) is 0 Å². The van der Waals surface area contributed by atoms with Gasteiger partial charge in [-0.15, -0.1) is 0 Å². The summed E-state index contributed by atoms with van der Waals surface area (Å²) in [5, 5.41) is 3.39. The molecule has 0 aliphatic carbocycles. The van der Waals surface area contributed by atoms with E-state index in [2.05, 4.69) is 10.0 Å². The molecular weight excluding hydrogens is 284 g/mol. The van der Waals surface area contributed by atoms with Gasteiger partial charge in [0.25, 0.3) is 0 Å². The number of sulfonamides is 1. The second kappa shape index (κ2) is 7.38. The molecule has 21 heavy (non-hydrogen) atoms. The highest BCUT2D eigenvalue weighted by molar-refractivity contribution is 7.89. The number of aryl methyl sites for hydroxylation is 1. The van der Waals surface area contributed by atoms with Gasteiger partial charge in [0, 0.05) is 12.1 Å². The van der Waals surface area contributed by atoms with Crippen LogP contribution in [0.1, 0.15) is 49.8 Å². The Kier molecular flexibility index (Phi) is 5.79. The maximum Gasteiger partial charge on any atom is 0.212 e. The summed E-state index contributed by atoms with van der Waals surface area (Å²) in [6, 6.07) is 8.06. The Labute approximate surface area is 128 Å². The zero-order valence-electron chi connectivity index (χ0n) is 12.9. The standard InChI is InChI=1S/C16H26N2O2S/c1-13-7-3-4-9-16(13)14(2)18-21(19,20)12-10-15-8-5-6-11-17-15/h3-4,7,9,14-15,17-18H,5-6,8,10-12H2,1-2H3. The van der Waals surface area contributed by atoms with Crippen LogP contribution in [-0.4, -0.2) is 26.8 Å². The summed E-state index contributed by atoms with van der Waals surface area (Å²) in [7, 11) is -3.24. The fourth-order valence-electron chi connectivity index (χ4n) is 2.93. The highest BCUT2D eigenvalue weighted by Gasteiger charge is 2.20. The average molecular weight is 310 g/mol. The molecule has 1 fully saturated rings. The molecule has 1 aliphatic heterocycles. The van der Waals surface area contributed by atoms with E-state index in [1.807, 2.05) is 38.1 Å². The molecule has 0 spiro atoms. The van der Waals surface area contributed by atoms with E-state index in [9.17, 15) is 8.42 Å². The Hall–Kier alpha value is -0.910. The molecular formula is C16H26N2O2S. The van der Waals surface area contributed by atoms with Gasteiger partial charge in [-0.1, -0.05) is 30.7 Å². The van der Waals surface area contributed by atoms with Crippen molar-refractivity contribution in [2.24, 2.45) is 0 Å². The van der Waals surface area contributed by atoms with Crippen molar-refractivity contribution in [1.82, 2.24) is 10.0 Å². The zero-order chi connectivity index (χ0) is 15.3. The predicted octanol–water partition coefficient (Wildman–Crippen LogP) is 2.51. The molecule has 1 aliphatic rings. The SMILES string of the molecule is Cc1ccccc1C(C)NS(=O)(=O)CCC1CCCCN1. The highest BCUT2D eigenvalue weighted by atomic mass is 32.2. The van der Waals surface area contributed by atoms with Crippen LogP contribution >= 0.6 is 0 Å². The van der Waals surface area contributed by atoms with Crippen LogP contribution in [0.25, 0.3) is 0 Å². The van der Waals surface area contributed by atoms with Crippen molar-refractivity contribution >= 4 is 10.0 Å². The third-order valence-electron chi connectivity index (χ3n) is 4.16. The van der Waals surface area contributed by atoms with E-state index in [1.165, 1.54) is 12.8 Å². The minimum atomic E-state index is -3.24. The van der Waals surface area contributed by atoms with E-state index >= 15 is 0 Å². The number of hydrogen-bond donors (Lipinski definition) is 2. The van der Waals surface area contributed by atoms with E-state index in [1.54, 1.807) is 0 Å². The number of rotatable bonds is 6. The van der Waals surface area contributed by atoms with Crippen molar-refractivity contribution < 1.29 is 8.42 Å². The van der Waals surface area contributed by atoms with Gasteiger partial charge in [0.2, 0.25) is 10.0 Å². The minimum Gasteiger partial charge on any atom is -0.314 e. The molecule has 2 N–H and O–H groups in total. The van der Waals surface area contributed by atoms with Crippen molar-refractivity contribution in [2.45, 2.75) is 51.6 Å². The van der Waals surface area contributed by atoms with Gasteiger partial charge in [0.15, 0.2) is 0 Å². The Morgan fingerprint density at radius 1 is 1.33 bits per heavy atom. The number of nitrogens with one attached hydrogen (secondary N) is 2. The van der Waals surface area contributed by atoms with Gasteiger partial charge < -0.3 is 5.32 Å².